The quantitative estimate of drug-likeness (QED) is 0.797. The van der Waals surface area contributed by atoms with Crippen LogP contribution in [0.1, 0.15) is 22.5 Å². The van der Waals surface area contributed by atoms with Crippen molar-refractivity contribution in [2.75, 3.05) is 0 Å². The Balaban J connectivity index is 1.78. The molecule has 0 spiro atoms. The van der Waals surface area contributed by atoms with Gasteiger partial charge >= 0.3 is 0 Å². The molecule has 1 aliphatic heterocycles. The summed E-state index contributed by atoms with van der Waals surface area (Å²) in [4.78, 5) is 1.42. The first-order valence-electron chi connectivity index (χ1n) is 6.52. The van der Waals surface area contributed by atoms with Gasteiger partial charge in [-0.3, -0.25) is 4.68 Å². The van der Waals surface area contributed by atoms with Gasteiger partial charge in [-0.25, -0.2) is 0 Å². The zero-order valence-corrected chi connectivity index (χ0v) is 12.8. The lowest BCUT2D eigenvalue weighted by Crippen LogP contribution is -2.14. The van der Waals surface area contributed by atoms with Crippen LogP contribution >= 0.6 is 23.4 Å². The van der Waals surface area contributed by atoms with E-state index in [4.69, 9.17) is 11.6 Å². The van der Waals surface area contributed by atoms with Crippen LogP contribution < -0.4 is 0 Å². The van der Waals surface area contributed by atoms with Gasteiger partial charge < -0.3 is 0 Å². The number of hydrogen-bond acceptors (Lipinski definition) is 2. The van der Waals surface area contributed by atoms with E-state index in [0.717, 1.165) is 18.7 Å². The van der Waals surface area contributed by atoms with Crippen molar-refractivity contribution in [3.05, 3.63) is 46.8 Å². The summed E-state index contributed by atoms with van der Waals surface area (Å²) in [7, 11) is 0. The Morgan fingerprint density at radius 3 is 2.84 bits per heavy atom. The Morgan fingerprint density at radius 2 is 2.16 bits per heavy atom. The van der Waals surface area contributed by atoms with Crippen LogP contribution in [0.25, 0.3) is 0 Å². The number of nitrogens with zero attached hydrogens (tertiary/aromatic N) is 2. The van der Waals surface area contributed by atoms with Crippen LogP contribution in [0.5, 0.6) is 0 Å². The normalized spacial score (nSPS) is 17.7. The Kier molecular flexibility index (Phi) is 3.59. The molecular formula is C15H17ClN2S. The summed E-state index contributed by atoms with van der Waals surface area (Å²) < 4.78 is 2.12. The molecule has 0 N–H and O–H groups in total. The number of halogens is 1. The van der Waals surface area contributed by atoms with E-state index in [2.05, 4.69) is 41.0 Å². The van der Waals surface area contributed by atoms with Gasteiger partial charge in [0.15, 0.2) is 0 Å². The zero-order chi connectivity index (χ0) is 13.4. The van der Waals surface area contributed by atoms with Gasteiger partial charge in [0.05, 0.1) is 18.1 Å². The monoisotopic (exact) mass is 292 g/mol. The van der Waals surface area contributed by atoms with E-state index in [9.17, 15) is 0 Å². The van der Waals surface area contributed by atoms with Gasteiger partial charge in [-0.1, -0.05) is 18.2 Å². The maximum Gasteiger partial charge on any atom is 0.0640 e. The molecule has 100 valence electrons. The van der Waals surface area contributed by atoms with Crippen LogP contribution in [0.4, 0.5) is 0 Å². The number of aromatic nitrogens is 2. The molecule has 2 heterocycles. The molecule has 0 aliphatic carbocycles. The standard InChI is InChI=1S/C15H17ClN2S/c1-10-14(8-16)11(2)18(17-10)9-13-7-12-5-3-4-6-15(12)19-13/h3-6,13H,7-9H2,1-2H3. The molecule has 0 amide bonds. The molecule has 4 heteroatoms. The lowest BCUT2D eigenvalue weighted by atomic mass is 10.1. The second-order valence-electron chi connectivity index (χ2n) is 5.02. The number of aryl methyl sites for hydroxylation is 1. The van der Waals surface area contributed by atoms with Gasteiger partial charge in [0.2, 0.25) is 0 Å². The van der Waals surface area contributed by atoms with E-state index >= 15 is 0 Å². The molecular weight excluding hydrogens is 276 g/mol. The number of thioether (sulfide) groups is 1. The minimum absolute atomic E-state index is 0.551. The molecule has 1 atom stereocenters. The molecule has 2 nitrogen and oxygen atoms in total. The summed E-state index contributed by atoms with van der Waals surface area (Å²) in [5, 5.41) is 5.21. The summed E-state index contributed by atoms with van der Waals surface area (Å²) in [5.74, 6) is 0.551. The van der Waals surface area contributed by atoms with E-state index in [-0.39, 0.29) is 0 Å². The van der Waals surface area contributed by atoms with E-state index < -0.39 is 0 Å². The largest absolute Gasteiger partial charge is 0.268 e. The average Bonchev–Trinajstić information content (AvgIpc) is 2.91. The lowest BCUT2D eigenvalue weighted by molar-refractivity contribution is 0.576. The summed E-state index contributed by atoms with van der Waals surface area (Å²) in [6.07, 6.45) is 1.13. The molecule has 0 saturated carbocycles. The highest BCUT2D eigenvalue weighted by Crippen LogP contribution is 2.37. The zero-order valence-electron chi connectivity index (χ0n) is 11.2. The first kappa shape index (κ1) is 13.1. The number of alkyl halides is 1. The van der Waals surface area contributed by atoms with Crippen molar-refractivity contribution >= 4 is 23.4 Å². The smallest absolute Gasteiger partial charge is 0.0640 e. The maximum absolute atomic E-state index is 5.98. The summed E-state index contributed by atoms with van der Waals surface area (Å²) in [6, 6.07) is 8.68. The fourth-order valence-electron chi connectivity index (χ4n) is 2.65. The predicted octanol–water partition coefficient (Wildman–Crippen LogP) is 3.96. The van der Waals surface area contributed by atoms with Crippen molar-refractivity contribution in [1.82, 2.24) is 9.78 Å². The Hall–Kier alpha value is -0.930. The minimum Gasteiger partial charge on any atom is -0.268 e. The fraction of sp³-hybridized carbons (Fsp3) is 0.400. The van der Waals surface area contributed by atoms with Crippen molar-refractivity contribution in [3.8, 4) is 0 Å². The Bertz CT molecular complexity index is 581. The van der Waals surface area contributed by atoms with Crippen LogP contribution in [-0.4, -0.2) is 15.0 Å². The third kappa shape index (κ3) is 2.41. The van der Waals surface area contributed by atoms with E-state index in [0.29, 0.717) is 11.1 Å². The van der Waals surface area contributed by atoms with E-state index in [1.807, 2.05) is 18.7 Å². The molecule has 1 unspecified atom stereocenters. The Morgan fingerprint density at radius 1 is 1.37 bits per heavy atom. The molecule has 19 heavy (non-hydrogen) atoms. The fourth-order valence-corrected chi connectivity index (χ4v) is 4.34. The lowest BCUT2D eigenvalue weighted by Gasteiger charge is -2.10. The van der Waals surface area contributed by atoms with Crippen LogP contribution in [-0.2, 0) is 18.8 Å². The summed E-state index contributed by atoms with van der Waals surface area (Å²) in [6.45, 7) is 5.12. The van der Waals surface area contributed by atoms with Crippen LogP contribution in [0.2, 0.25) is 0 Å². The number of benzene rings is 1. The predicted molar refractivity (Wildman–Crippen MR) is 81.0 cm³/mol. The third-order valence-corrected chi connectivity index (χ3v) is 5.32. The average molecular weight is 293 g/mol. The van der Waals surface area contributed by atoms with Crippen molar-refractivity contribution in [3.63, 3.8) is 0 Å². The van der Waals surface area contributed by atoms with Crippen LogP contribution in [0.3, 0.4) is 0 Å². The molecule has 0 bridgehead atoms. The van der Waals surface area contributed by atoms with Crippen LogP contribution in [0, 0.1) is 13.8 Å². The van der Waals surface area contributed by atoms with Crippen molar-refractivity contribution in [1.29, 1.82) is 0 Å². The maximum atomic E-state index is 5.98. The number of rotatable bonds is 3. The molecule has 0 radical (unpaired) electrons. The third-order valence-electron chi connectivity index (χ3n) is 3.76. The molecule has 1 aromatic heterocycles. The SMILES string of the molecule is Cc1nn(CC2Cc3ccccc3S2)c(C)c1CCl. The van der Waals surface area contributed by atoms with E-state index in [1.165, 1.54) is 21.7 Å². The van der Waals surface area contributed by atoms with Gasteiger partial charge in [-0.15, -0.1) is 23.4 Å². The number of hydrogen-bond donors (Lipinski definition) is 0. The topological polar surface area (TPSA) is 17.8 Å². The molecule has 1 aliphatic rings. The number of fused-ring (bicyclic) bond motifs is 1. The van der Waals surface area contributed by atoms with Crippen molar-refractivity contribution < 1.29 is 0 Å². The minimum atomic E-state index is 0.551. The van der Waals surface area contributed by atoms with Gasteiger partial charge in [0.1, 0.15) is 0 Å². The Labute approximate surface area is 123 Å². The molecule has 3 rings (SSSR count). The van der Waals surface area contributed by atoms with Crippen LogP contribution in [0.15, 0.2) is 29.2 Å². The van der Waals surface area contributed by atoms with Gasteiger partial charge in [0, 0.05) is 21.4 Å². The van der Waals surface area contributed by atoms with Crippen molar-refractivity contribution in [2.24, 2.45) is 0 Å². The highest BCUT2D eigenvalue weighted by atomic mass is 35.5. The second-order valence-corrected chi connectivity index (χ2v) is 6.63. The summed E-state index contributed by atoms with van der Waals surface area (Å²) >= 11 is 7.95. The second kappa shape index (κ2) is 5.22. The molecule has 0 fully saturated rings. The van der Waals surface area contributed by atoms with Gasteiger partial charge in [-0.2, -0.15) is 5.10 Å². The van der Waals surface area contributed by atoms with Gasteiger partial charge in [0.25, 0.3) is 0 Å². The molecule has 1 aromatic carbocycles. The highest BCUT2D eigenvalue weighted by Gasteiger charge is 2.23. The highest BCUT2D eigenvalue weighted by molar-refractivity contribution is 8.00. The summed E-state index contributed by atoms with van der Waals surface area (Å²) in [5.41, 5.74) is 4.93. The first-order chi connectivity index (χ1) is 9.19. The van der Waals surface area contributed by atoms with Crippen molar-refractivity contribution in [2.45, 2.75) is 42.8 Å². The molecule has 2 aromatic rings. The first-order valence-corrected chi connectivity index (χ1v) is 7.94. The molecule has 0 saturated heterocycles. The van der Waals surface area contributed by atoms with E-state index in [1.54, 1.807) is 0 Å². The van der Waals surface area contributed by atoms with Gasteiger partial charge in [-0.05, 0) is 31.9 Å².